The number of carbonyl (C=O) groups is 1. The fourth-order valence-corrected chi connectivity index (χ4v) is 5.12. The van der Waals surface area contributed by atoms with Crippen LogP contribution in [0.5, 0.6) is 0 Å². The van der Waals surface area contributed by atoms with Crippen LogP contribution in [0, 0.1) is 5.92 Å². The lowest BCUT2D eigenvalue weighted by atomic mass is 9.80. The van der Waals surface area contributed by atoms with E-state index in [0.717, 1.165) is 32.5 Å². The third-order valence-corrected chi connectivity index (χ3v) is 7.09. The normalized spacial score (nSPS) is 28.6. The summed E-state index contributed by atoms with van der Waals surface area (Å²) in [7, 11) is 0. The molecule has 4 rings (SSSR count). The number of rotatable bonds is 4. The molecule has 0 bridgehead atoms. The molecular weight excluding hydrogens is 368 g/mol. The third-order valence-electron chi connectivity index (χ3n) is 7.09. The fourth-order valence-electron chi connectivity index (χ4n) is 5.12. The first-order valence-electron chi connectivity index (χ1n) is 11.1. The van der Waals surface area contributed by atoms with E-state index >= 15 is 0 Å². The average Bonchev–Trinajstić information content (AvgIpc) is 2.75. The Balaban J connectivity index is 1.21. The Hall–Kier alpha value is -1.47. The topological polar surface area (TPSA) is 73.2 Å². The van der Waals surface area contributed by atoms with Gasteiger partial charge in [-0.15, -0.1) is 0 Å². The molecule has 6 nitrogen and oxygen atoms in total. The number of hydrogen-bond acceptors (Lipinski definition) is 5. The van der Waals surface area contributed by atoms with Crippen LogP contribution >= 0.6 is 0 Å². The van der Waals surface area contributed by atoms with E-state index in [1.54, 1.807) is 0 Å². The summed E-state index contributed by atoms with van der Waals surface area (Å²) in [5, 5.41) is 20.4. The molecule has 1 spiro atoms. The molecule has 29 heavy (non-hydrogen) atoms. The molecule has 2 N–H and O–H groups in total. The zero-order chi connectivity index (χ0) is 20.3. The van der Waals surface area contributed by atoms with E-state index in [9.17, 15) is 15.0 Å². The lowest BCUT2D eigenvalue weighted by molar-refractivity contribution is -0.214. The van der Waals surface area contributed by atoms with Gasteiger partial charge < -0.3 is 19.8 Å². The van der Waals surface area contributed by atoms with Gasteiger partial charge in [0.2, 0.25) is 5.91 Å². The standard InChI is InChI=1S/C23H34N2O4/c26-20-8-15-29-23(22(20)28)9-13-25(14-10-23)21(27)16-18-6-11-24(12-7-18)17-19-4-2-1-3-5-19/h1-5,18,20,22,26,28H,6-17H2/t20-,22-/m0/s1. The van der Waals surface area contributed by atoms with Gasteiger partial charge >= 0.3 is 0 Å². The maximum absolute atomic E-state index is 12.8. The van der Waals surface area contributed by atoms with Crippen LogP contribution in [0.1, 0.15) is 44.1 Å². The van der Waals surface area contributed by atoms with Gasteiger partial charge in [0.25, 0.3) is 0 Å². The second-order valence-electron chi connectivity index (χ2n) is 9.00. The van der Waals surface area contributed by atoms with Gasteiger partial charge in [0.05, 0.1) is 18.3 Å². The Morgan fingerprint density at radius 1 is 1.03 bits per heavy atom. The minimum absolute atomic E-state index is 0.229. The van der Waals surface area contributed by atoms with Crippen LogP contribution in [-0.2, 0) is 16.1 Å². The third kappa shape index (κ3) is 4.82. The first kappa shape index (κ1) is 20.8. The first-order chi connectivity index (χ1) is 14.1. The molecule has 1 aromatic rings. The Bertz CT molecular complexity index is 667. The quantitative estimate of drug-likeness (QED) is 0.803. The monoisotopic (exact) mass is 402 g/mol. The summed E-state index contributed by atoms with van der Waals surface area (Å²) in [6.45, 7) is 4.78. The highest BCUT2D eigenvalue weighted by molar-refractivity contribution is 5.76. The van der Waals surface area contributed by atoms with Gasteiger partial charge in [0.1, 0.15) is 6.10 Å². The van der Waals surface area contributed by atoms with Crippen molar-refractivity contribution < 1.29 is 19.7 Å². The SMILES string of the molecule is O=C(CC1CCN(Cc2ccccc2)CC1)N1CCC2(CC1)OCC[C@H](O)[C@@H]2O. The molecule has 3 heterocycles. The summed E-state index contributed by atoms with van der Waals surface area (Å²) in [5.41, 5.74) is 0.679. The second kappa shape index (κ2) is 9.13. The van der Waals surface area contributed by atoms with Crippen molar-refractivity contribution in [3.63, 3.8) is 0 Å². The van der Waals surface area contributed by atoms with Crippen molar-refractivity contribution >= 4 is 5.91 Å². The van der Waals surface area contributed by atoms with Gasteiger partial charge in [-0.2, -0.15) is 0 Å². The van der Waals surface area contributed by atoms with Crippen LogP contribution in [0.15, 0.2) is 30.3 Å². The lowest BCUT2D eigenvalue weighted by Gasteiger charge is -2.48. The maximum Gasteiger partial charge on any atom is 0.222 e. The largest absolute Gasteiger partial charge is 0.390 e. The van der Waals surface area contributed by atoms with E-state index in [1.807, 2.05) is 11.0 Å². The highest BCUT2D eigenvalue weighted by atomic mass is 16.5. The van der Waals surface area contributed by atoms with Crippen molar-refractivity contribution in [3.05, 3.63) is 35.9 Å². The van der Waals surface area contributed by atoms with Crippen molar-refractivity contribution in [2.24, 2.45) is 5.92 Å². The minimum Gasteiger partial charge on any atom is -0.390 e. The smallest absolute Gasteiger partial charge is 0.222 e. The maximum atomic E-state index is 12.8. The van der Waals surface area contributed by atoms with Gasteiger partial charge in [-0.05, 0) is 56.7 Å². The second-order valence-corrected chi connectivity index (χ2v) is 9.00. The van der Waals surface area contributed by atoms with Gasteiger partial charge in [-0.3, -0.25) is 9.69 Å². The molecule has 2 atom stereocenters. The van der Waals surface area contributed by atoms with Crippen molar-refractivity contribution in [1.82, 2.24) is 9.80 Å². The van der Waals surface area contributed by atoms with Gasteiger partial charge in [0, 0.05) is 26.1 Å². The van der Waals surface area contributed by atoms with Crippen molar-refractivity contribution in [2.75, 3.05) is 32.8 Å². The van der Waals surface area contributed by atoms with Crippen LogP contribution in [0.2, 0.25) is 0 Å². The number of hydrogen-bond donors (Lipinski definition) is 2. The Labute approximate surface area is 173 Å². The number of nitrogens with zero attached hydrogens (tertiary/aromatic N) is 2. The Kier molecular flexibility index (Phi) is 6.54. The van der Waals surface area contributed by atoms with Crippen LogP contribution in [0.25, 0.3) is 0 Å². The van der Waals surface area contributed by atoms with Crippen molar-refractivity contribution in [1.29, 1.82) is 0 Å². The van der Waals surface area contributed by atoms with E-state index in [-0.39, 0.29) is 5.91 Å². The number of aliphatic hydroxyl groups excluding tert-OH is 2. The number of likely N-dealkylation sites (tertiary alicyclic amines) is 2. The Morgan fingerprint density at radius 3 is 2.41 bits per heavy atom. The first-order valence-corrected chi connectivity index (χ1v) is 11.1. The van der Waals surface area contributed by atoms with Crippen LogP contribution in [0.3, 0.4) is 0 Å². The summed E-state index contributed by atoms with van der Waals surface area (Å²) in [5.74, 6) is 0.691. The summed E-state index contributed by atoms with van der Waals surface area (Å²) in [6, 6.07) is 10.6. The molecule has 3 aliphatic heterocycles. The molecule has 6 heteroatoms. The minimum atomic E-state index is -0.845. The predicted octanol–water partition coefficient (Wildman–Crippen LogP) is 1.79. The molecule has 3 saturated heterocycles. The zero-order valence-corrected chi connectivity index (χ0v) is 17.2. The lowest BCUT2D eigenvalue weighted by Crippen LogP contribution is -2.60. The van der Waals surface area contributed by atoms with Crippen LogP contribution in [-0.4, -0.2) is 76.5 Å². The molecule has 3 fully saturated rings. The highest BCUT2D eigenvalue weighted by Crippen LogP contribution is 2.36. The molecule has 0 aliphatic carbocycles. The molecule has 0 aromatic heterocycles. The zero-order valence-electron chi connectivity index (χ0n) is 17.2. The number of piperidine rings is 2. The molecule has 1 aromatic carbocycles. The summed E-state index contributed by atoms with van der Waals surface area (Å²) < 4.78 is 5.87. The number of carbonyl (C=O) groups excluding carboxylic acids is 1. The van der Waals surface area contributed by atoms with Crippen LogP contribution in [0.4, 0.5) is 0 Å². The van der Waals surface area contributed by atoms with Gasteiger partial charge in [-0.1, -0.05) is 30.3 Å². The van der Waals surface area contributed by atoms with Gasteiger partial charge in [-0.25, -0.2) is 0 Å². The van der Waals surface area contributed by atoms with E-state index in [4.69, 9.17) is 4.74 Å². The van der Waals surface area contributed by atoms with E-state index in [1.165, 1.54) is 5.56 Å². The number of benzene rings is 1. The molecule has 0 unspecified atom stereocenters. The number of amides is 1. The molecule has 0 radical (unpaired) electrons. The molecule has 0 saturated carbocycles. The van der Waals surface area contributed by atoms with Gasteiger partial charge in [0.15, 0.2) is 0 Å². The van der Waals surface area contributed by atoms with Crippen LogP contribution < -0.4 is 0 Å². The van der Waals surface area contributed by atoms with Crippen molar-refractivity contribution in [3.8, 4) is 0 Å². The van der Waals surface area contributed by atoms with E-state index < -0.39 is 17.8 Å². The predicted molar refractivity (Wildman–Crippen MR) is 110 cm³/mol. The summed E-state index contributed by atoms with van der Waals surface area (Å²) >= 11 is 0. The molecule has 160 valence electrons. The Morgan fingerprint density at radius 2 is 1.72 bits per heavy atom. The average molecular weight is 403 g/mol. The fraction of sp³-hybridized carbons (Fsp3) is 0.696. The summed E-state index contributed by atoms with van der Waals surface area (Å²) in [6.07, 6.45) is 2.90. The van der Waals surface area contributed by atoms with E-state index in [0.29, 0.717) is 51.3 Å². The summed E-state index contributed by atoms with van der Waals surface area (Å²) in [4.78, 5) is 17.2. The highest BCUT2D eigenvalue weighted by Gasteiger charge is 2.48. The van der Waals surface area contributed by atoms with Crippen molar-refractivity contribution in [2.45, 2.75) is 62.9 Å². The molecular formula is C23H34N2O4. The molecule has 3 aliphatic rings. The number of ether oxygens (including phenoxy) is 1. The number of aliphatic hydroxyl groups is 2. The molecule has 1 amide bonds. The van der Waals surface area contributed by atoms with E-state index in [2.05, 4.69) is 29.2 Å².